The minimum absolute atomic E-state index is 0.299. The number of hydrogen-bond acceptors (Lipinski definition) is 6. The van der Waals surface area contributed by atoms with Crippen LogP contribution < -0.4 is 5.32 Å². The standard InChI is InChI=1S/C23H21N3O2S/c1-3-16-9-11-17(12-10-16)21-15-29-22(26-21)18(13-24)14-25-20-8-6-5-7-19(20)23(27)28-4-2/h5-12,14-15,25H,3-4H2,1-2H3/b18-14+. The maximum Gasteiger partial charge on any atom is 0.340 e. The highest BCUT2D eigenvalue weighted by Gasteiger charge is 2.13. The number of rotatable bonds is 7. The third-order valence-electron chi connectivity index (χ3n) is 4.31. The van der Waals surface area contributed by atoms with Crippen molar-refractivity contribution in [3.8, 4) is 17.3 Å². The second-order valence-electron chi connectivity index (χ2n) is 6.17. The fourth-order valence-corrected chi connectivity index (χ4v) is 3.52. The number of carbonyl (C=O) groups excluding carboxylic acids is 1. The van der Waals surface area contributed by atoms with Gasteiger partial charge in [0.05, 0.1) is 23.6 Å². The number of aryl methyl sites for hydroxylation is 1. The third kappa shape index (κ3) is 4.89. The second-order valence-corrected chi connectivity index (χ2v) is 7.03. The summed E-state index contributed by atoms with van der Waals surface area (Å²) in [5, 5.41) is 15.2. The summed E-state index contributed by atoms with van der Waals surface area (Å²) in [5.41, 5.74) is 4.50. The maximum atomic E-state index is 12.1. The fourth-order valence-electron chi connectivity index (χ4n) is 2.73. The Morgan fingerprint density at radius 3 is 2.66 bits per heavy atom. The molecular weight excluding hydrogens is 382 g/mol. The molecule has 0 unspecified atom stereocenters. The van der Waals surface area contributed by atoms with Crippen molar-refractivity contribution in [2.24, 2.45) is 0 Å². The van der Waals surface area contributed by atoms with Gasteiger partial charge in [0, 0.05) is 17.1 Å². The van der Waals surface area contributed by atoms with Crippen LogP contribution in [0.4, 0.5) is 5.69 Å². The molecule has 2 aromatic carbocycles. The van der Waals surface area contributed by atoms with Gasteiger partial charge in [0.1, 0.15) is 16.6 Å². The monoisotopic (exact) mass is 403 g/mol. The molecule has 0 fully saturated rings. The molecule has 0 saturated heterocycles. The molecule has 0 spiro atoms. The van der Waals surface area contributed by atoms with E-state index in [9.17, 15) is 10.1 Å². The molecule has 0 atom stereocenters. The van der Waals surface area contributed by atoms with Crippen LogP contribution in [-0.4, -0.2) is 17.6 Å². The van der Waals surface area contributed by atoms with E-state index in [2.05, 4.69) is 35.4 Å². The molecule has 0 amide bonds. The molecule has 1 heterocycles. The zero-order chi connectivity index (χ0) is 20.6. The van der Waals surface area contributed by atoms with Crippen LogP contribution in [0, 0.1) is 11.3 Å². The number of nitrogens with one attached hydrogen (secondary N) is 1. The van der Waals surface area contributed by atoms with Gasteiger partial charge < -0.3 is 10.1 Å². The lowest BCUT2D eigenvalue weighted by atomic mass is 10.1. The molecule has 3 aromatic rings. The van der Waals surface area contributed by atoms with Crippen LogP contribution in [0.1, 0.15) is 34.8 Å². The zero-order valence-corrected chi connectivity index (χ0v) is 17.1. The molecule has 0 bridgehead atoms. The van der Waals surface area contributed by atoms with Gasteiger partial charge in [-0.15, -0.1) is 11.3 Å². The van der Waals surface area contributed by atoms with E-state index in [1.807, 2.05) is 23.6 Å². The number of benzene rings is 2. The van der Waals surface area contributed by atoms with Crippen LogP contribution in [0.2, 0.25) is 0 Å². The second kappa shape index (κ2) is 9.67. The van der Waals surface area contributed by atoms with Gasteiger partial charge in [-0.3, -0.25) is 0 Å². The first-order valence-electron chi connectivity index (χ1n) is 9.34. The number of thiazole rings is 1. The molecule has 146 valence electrons. The van der Waals surface area contributed by atoms with Gasteiger partial charge in [-0.2, -0.15) is 5.26 Å². The van der Waals surface area contributed by atoms with Gasteiger partial charge in [-0.25, -0.2) is 9.78 Å². The number of para-hydroxylation sites is 1. The molecule has 0 aliphatic rings. The number of carbonyl (C=O) groups is 1. The SMILES string of the molecule is CCOC(=O)c1ccccc1N/C=C(\C#N)c1nc(-c2ccc(CC)cc2)cs1. The quantitative estimate of drug-likeness (QED) is 0.415. The molecule has 0 aliphatic heterocycles. The first-order chi connectivity index (χ1) is 14.2. The zero-order valence-electron chi connectivity index (χ0n) is 16.3. The van der Waals surface area contributed by atoms with E-state index in [0.717, 1.165) is 17.7 Å². The first kappa shape index (κ1) is 20.3. The van der Waals surface area contributed by atoms with Gasteiger partial charge in [0.15, 0.2) is 0 Å². The van der Waals surface area contributed by atoms with E-state index in [1.165, 1.54) is 16.9 Å². The Morgan fingerprint density at radius 1 is 1.21 bits per heavy atom. The molecule has 6 heteroatoms. The molecular formula is C23H21N3O2S. The van der Waals surface area contributed by atoms with E-state index in [1.54, 1.807) is 31.3 Å². The largest absolute Gasteiger partial charge is 0.462 e. The van der Waals surface area contributed by atoms with E-state index in [4.69, 9.17) is 4.74 Å². The van der Waals surface area contributed by atoms with E-state index in [0.29, 0.717) is 28.4 Å². The molecule has 0 radical (unpaired) electrons. The van der Waals surface area contributed by atoms with Crippen molar-refractivity contribution >= 4 is 28.6 Å². The lowest BCUT2D eigenvalue weighted by molar-refractivity contribution is 0.0527. The molecule has 1 N–H and O–H groups in total. The van der Waals surface area contributed by atoms with Gasteiger partial charge >= 0.3 is 5.97 Å². The number of esters is 1. The molecule has 3 rings (SSSR count). The van der Waals surface area contributed by atoms with Crippen molar-refractivity contribution in [3.63, 3.8) is 0 Å². The highest BCUT2D eigenvalue weighted by atomic mass is 32.1. The van der Waals surface area contributed by atoms with Gasteiger partial charge in [0.25, 0.3) is 0 Å². The number of aromatic nitrogens is 1. The number of allylic oxidation sites excluding steroid dienone is 1. The van der Waals surface area contributed by atoms with Crippen LogP contribution >= 0.6 is 11.3 Å². The highest BCUT2D eigenvalue weighted by Crippen LogP contribution is 2.27. The number of nitriles is 1. The first-order valence-corrected chi connectivity index (χ1v) is 10.2. The van der Waals surface area contributed by atoms with Gasteiger partial charge in [0.2, 0.25) is 0 Å². The smallest absolute Gasteiger partial charge is 0.340 e. The van der Waals surface area contributed by atoms with Gasteiger partial charge in [-0.1, -0.05) is 43.3 Å². The Labute approximate surface area is 174 Å². The Bertz CT molecular complexity index is 1060. The normalized spacial score (nSPS) is 11.0. The summed E-state index contributed by atoms with van der Waals surface area (Å²) in [5.74, 6) is -0.408. The Morgan fingerprint density at radius 2 is 1.97 bits per heavy atom. The van der Waals surface area contributed by atoms with Crippen LogP contribution in [0.25, 0.3) is 16.8 Å². The predicted octanol–water partition coefficient (Wildman–Crippen LogP) is 5.53. The molecule has 29 heavy (non-hydrogen) atoms. The Kier molecular flexibility index (Phi) is 6.77. The lowest BCUT2D eigenvalue weighted by Gasteiger charge is -2.08. The summed E-state index contributed by atoms with van der Waals surface area (Å²) in [7, 11) is 0. The van der Waals surface area contributed by atoms with Crippen LogP contribution in [-0.2, 0) is 11.2 Å². The van der Waals surface area contributed by atoms with Crippen LogP contribution in [0.15, 0.2) is 60.1 Å². The summed E-state index contributed by atoms with van der Waals surface area (Å²) in [6, 6.07) is 17.5. The van der Waals surface area contributed by atoms with Crippen molar-refractivity contribution in [1.29, 1.82) is 5.26 Å². The molecule has 0 saturated carbocycles. The van der Waals surface area contributed by atoms with Crippen molar-refractivity contribution in [1.82, 2.24) is 4.98 Å². The van der Waals surface area contributed by atoms with Crippen molar-refractivity contribution in [2.45, 2.75) is 20.3 Å². The molecule has 0 aliphatic carbocycles. The lowest BCUT2D eigenvalue weighted by Crippen LogP contribution is -2.07. The van der Waals surface area contributed by atoms with Gasteiger partial charge in [-0.05, 0) is 31.0 Å². The maximum absolute atomic E-state index is 12.1. The molecule has 1 aromatic heterocycles. The van der Waals surface area contributed by atoms with Crippen LogP contribution in [0.3, 0.4) is 0 Å². The average Bonchev–Trinajstić information content (AvgIpc) is 3.25. The average molecular weight is 404 g/mol. The number of nitrogens with zero attached hydrogens (tertiary/aromatic N) is 2. The van der Waals surface area contributed by atoms with E-state index >= 15 is 0 Å². The fraction of sp³-hybridized carbons (Fsp3) is 0.174. The highest BCUT2D eigenvalue weighted by molar-refractivity contribution is 7.11. The van der Waals surface area contributed by atoms with E-state index < -0.39 is 5.97 Å². The predicted molar refractivity (Wildman–Crippen MR) is 117 cm³/mol. The number of anilines is 1. The summed E-state index contributed by atoms with van der Waals surface area (Å²) in [6.45, 7) is 4.18. The Balaban J connectivity index is 1.82. The number of hydrogen-bond donors (Lipinski definition) is 1. The molecule has 5 nitrogen and oxygen atoms in total. The van der Waals surface area contributed by atoms with Crippen LogP contribution in [0.5, 0.6) is 0 Å². The summed E-state index contributed by atoms with van der Waals surface area (Å²) >= 11 is 1.41. The Hall–Kier alpha value is -3.43. The third-order valence-corrected chi connectivity index (χ3v) is 5.18. The topological polar surface area (TPSA) is 75.0 Å². The minimum Gasteiger partial charge on any atom is -0.462 e. The summed E-state index contributed by atoms with van der Waals surface area (Å²) in [6.07, 6.45) is 2.56. The summed E-state index contributed by atoms with van der Waals surface area (Å²) in [4.78, 5) is 16.7. The van der Waals surface area contributed by atoms with Crippen molar-refractivity contribution < 1.29 is 9.53 Å². The van der Waals surface area contributed by atoms with Crippen molar-refractivity contribution in [3.05, 3.63) is 76.2 Å². The van der Waals surface area contributed by atoms with E-state index in [-0.39, 0.29) is 0 Å². The van der Waals surface area contributed by atoms with Crippen molar-refractivity contribution in [2.75, 3.05) is 11.9 Å². The number of ether oxygens (including phenoxy) is 1. The minimum atomic E-state index is -0.408. The summed E-state index contributed by atoms with van der Waals surface area (Å²) < 4.78 is 5.08.